The number of carbonyl (C=O) groups is 1. The molecule has 2 N–H and O–H groups in total. The van der Waals surface area contributed by atoms with Gasteiger partial charge in [0.2, 0.25) is 0 Å². The first kappa shape index (κ1) is 20.1. The molecule has 0 bridgehead atoms. The van der Waals surface area contributed by atoms with Crippen molar-refractivity contribution in [3.63, 3.8) is 0 Å². The van der Waals surface area contributed by atoms with Gasteiger partial charge in [0.25, 0.3) is 5.56 Å². The maximum atomic E-state index is 12.7. The Balaban J connectivity index is 1.82. The molecule has 6 nitrogen and oxygen atoms in total. The molecule has 0 amide bonds. The molecule has 0 aliphatic carbocycles. The maximum absolute atomic E-state index is 12.7. The van der Waals surface area contributed by atoms with Crippen LogP contribution in [0.2, 0.25) is 0 Å². The molecule has 1 aromatic carbocycles. The van der Waals surface area contributed by atoms with Crippen molar-refractivity contribution in [1.29, 1.82) is 0 Å². The first-order valence-electron chi connectivity index (χ1n) is 9.46. The van der Waals surface area contributed by atoms with Crippen LogP contribution in [0.4, 0.5) is 5.69 Å². The number of fused-ring (bicyclic) bond motifs is 1. The molecular formula is C21H25N3O3S. The van der Waals surface area contributed by atoms with Gasteiger partial charge in [-0.25, -0.2) is 9.78 Å². The van der Waals surface area contributed by atoms with Crippen LogP contribution in [-0.4, -0.2) is 22.5 Å². The zero-order valence-corrected chi connectivity index (χ0v) is 17.4. The standard InChI is InChI=1S/C21H25N3O3S/c1-5-6-11-22-16-10-8-7-9-15(16)21(26)27-13(3)18-23-19(25)17-12(2)14(4)28-20(17)24-18/h7-10,13,22H,5-6,11H2,1-4H3,(H,23,24,25)/t13-/m0/s1. The van der Waals surface area contributed by atoms with E-state index in [4.69, 9.17) is 4.74 Å². The monoisotopic (exact) mass is 399 g/mol. The molecule has 0 saturated carbocycles. The van der Waals surface area contributed by atoms with Gasteiger partial charge in [-0.2, -0.15) is 0 Å². The average Bonchev–Trinajstić information content (AvgIpc) is 2.96. The highest BCUT2D eigenvalue weighted by atomic mass is 32.1. The zero-order chi connectivity index (χ0) is 20.3. The topological polar surface area (TPSA) is 84.1 Å². The number of carbonyl (C=O) groups excluding carboxylic acids is 1. The Hall–Kier alpha value is -2.67. The number of ether oxygens (including phenoxy) is 1. The Morgan fingerprint density at radius 1 is 1.32 bits per heavy atom. The number of hydrogen-bond acceptors (Lipinski definition) is 6. The second kappa shape index (κ2) is 8.56. The van der Waals surface area contributed by atoms with Gasteiger partial charge in [-0.1, -0.05) is 25.5 Å². The number of nitrogens with one attached hydrogen (secondary N) is 2. The lowest BCUT2D eigenvalue weighted by atomic mass is 10.1. The van der Waals surface area contributed by atoms with Crippen molar-refractivity contribution in [2.45, 2.75) is 46.6 Å². The van der Waals surface area contributed by atoms with Gasteiger partial charge in [-0.3, -0.25) is 4.79 Å². The van der Waals surface area contributed by atoms with E-state index in [1.54, 1.807) is 19.1 Å². The molecule has 148 valence electrons. The van der Waals surface area contributed by atoms with E-state index in [0.717, 1.165) is 35.5 Å². The van der Waals surface area contributed by atoms with Crippen LogP contribution in [0, 0.1) is 13.8 Å². The van der Waals surface area contributed by atoms with Gasteiger partial charge in [-0.15, -0.1) is 11.3 Å². The Kier molecular flexibility index (Phi) is 6.14. The third-order valence-corrected chi connectivity index (χ3v) is 5.82. The van der Waals surface area contributed by atoms with E-state index < -0.39 is 12.1 Å². The molecule has 1 atom stereocenters. The van der Waals surface area contributed by atoms with E-state index in [-0.39, 0.29) is 5.56 Å². The van der Waals surface area contributed by atoms with Crippen molar-refractivity contribution in [1.82, 2.24) is 9.97 Å². The van der Waals surface area contributed by atoms with E-state index in [2.05, 4.69) is 22.2 Å². The minimum atomic E-state index is -0.670. The Morgan fingerprint density at radius 3 is 2.82 bits per heavy atom. The number of unbranched alkanes of at least 4 members (excludes halogenated alkanes) is 1. The Labute approximate surface area is 168 Å². The fourth-order valence-electron chi connectivity index (χ4n) is 2.96. The summed E-state index contributed by atoms with van der Waals surface area (Å²) in [4.78, 5) is 34.2. The summed E-state index contributed by atoms with van der Waals surface area (Å²) in [6, 6.07) is 7.27. The summed E-state index contributed by atoms with van der Waals surface area (Å²) in [5, 5.41) is 3.88. The molecule has 28 heavy (non-hydrogen) atoms. The van der Waals surface area contributed by atoms with Crippen LogP contribution in [0.5, 0.6) is 0 Å². The first-order valence-corrected chi connectivity index (χ1v) is 10.3. The van der Waals surface area contributed by atoms with Gasteiger partial charge >= 0.3 is 5.97 Å². The van der Waals surface area contributed by atoms with Gasteiger partial charge < -0.3 is 15.0 Å². The number of benzene rings is 1. The number of thiophene rings is 1. The van der Waals surface area contributed by atoms with Gasteiger partial charge in [-0.05, 0) is 44.9 Å². The lowest BCUT2D eigenvalue weighted by molar-refractivity contribution is 0.0321. The SMILES string of the molecule is CCCCNc1ccccc1C(=O)O[C@@H](C)c1nc2sc(C)c(C)c2c(=O)[nH]1. The second-order valence-electron chi connectivity index (χ2n) is 6.79. The van der Waals surface area contributed by atoms with Crippen LogP contribution in [0.3, 0.4) is 0 Å². The third kappa shape index (κ3) is 4.09. The zero-order valence-electron chi connectivity index (χ0n) is 16.6. The van der Waals surface area contributed by atoms with Crippen molar-refractivity contribution in [2.75, 3.05) is 11.9 Å². The first-order chi connectivity index (χ1) is 13.4. The normalized spacial score (nSPS) is 12.1. The van der Waals surface area contributed by atoms with E-state index in [0.29, 0.717) is 21.6 Å². The number of rotatable bonds is 7. The third-order valence-electron chi connectivity index (χ3n) is 4.72. The quantitative estimate of drug-likeness (QED) is 0.443. The number of para-hydroxylation sites is 1. The van der Waals surface area contributed by atoms with Crippen LogP contribution < -0.4 is 10.9 Å². The molecule has 0 aliphatic rings. The summed E-state index contributed by atoms with van der Waals surface area (Å²) < 4.78 is 5.60. The minimum Gasteiger partial charge on any atom is -0.451 e. The van der Waals surface area contributed by atoms with Crippen molar-refractivity contribution in [3.05, 3.63) is 56.4 Å². The van der Waals surface area contributed by atoms with Crippen LogP contribution in [0.1, 0.15) is 59.4 Å². The molecule has 0 spiro atoms. The molecule has 2 heterocycles. The average molecular weight is 400 g/mol. The fraction of sp³-hybridized carbons (Fsp3) is 0.381. The van der Waals surface area contributed by atoms with Gasteiger partial charge in [0.15, 0.2) is 11.9 Å². The molecule has 0 fully saturated rings. The molecular weight excluding hydrogens is 374 g/mol. The minimum absolute atomic E-state index is 0.202. The highest BCUT2D eigenvalue weighted by Gasteiger charge is 2.20. The summed E-state index contributed by atoms with van der Waals surface area (Å²) >= 11 is 1.47. The number of nitrogens with zero attached hydrogens (tertiary/aromatic N) is 1. The van der Waals surface area contributed by atoms with Crippen molar-refractivity contribution in [3.8, 4) is 0 Å². The number of hydrogen-bond donors (Lipinski definition) is 2. The van der Waals surface area contributed by atoms with E-state index in [1.807, 2.05) is 26.0 Å². The number of esters is 1. The number of aromatic amines is 1. The molecule has 3 rings (SSSR count). The molecule has 0 radical (unpaired) electrons. The smallest absolute Gasteiger partial charge is 0.340 e. The molecule has 2 aromatic heterocycles. The van der Waals surface area contributed by atoms with E-state index >= 15 is 0 Å². The number of aryl methyl sites for hydroxylation is 2. The Morgan fingerprint density at radius 2 is 2.07 bits per heavy atom. The van der Waals surface area contributed by atoms with Crippen molar-refractivity contribution < 1.29 is 9.53 Å². The summed E-state index contributed by atoms with van der Waals surface area (Å²) in [6.45, 7) is 8.50. The maximum Gasteiger partial charge on any atom is 0.340 e. The van der Waals surface area contributed by atoms with Gasteiger partial charge in [0.05, 0.1) is 10.9 Å². The van der Waals surface area contributed by atoms with Crippen molar-refractivity contribution in [2.24, 2.45) is 0 Å². The fourth-order valence-corrected chi connectivity index (χ4v) is 4.00. The van der Waals surface area contributed by atoms with Crippen molar-refractivity contribution >= 4 is 33.2 Å². The molecule has 3 aromatic rings. The second-order valence-corrected chi connectivity index (χ2v) is 7.99. The molecule has 7 heteroatoms. The number of anilines is 1. The molecule has 0 unspecified atom stereocenters. The predicted octanol–water partition coefficient (Wildman–Crippen LogP) is 4.73. The lowest BCUT2D eigenvalue weighted by Gasteiger charge is -2.15. The summed E-state index contributed by atoms with van der Waals surface area (Å²) in [7, 11) is 0. The lowest BCUT2D eigenvalue weighted by Crippen LogP contribution is -2.18. The Bertz CT molecular complexity index is 1050. The summed E-state index contributed by atoms with van der Waals surface area (Å²) in [5.74, 6) is -0.100. The number of H-pyrrole nitrogens is 1. The van der Waals surface area contributed by atoms with Gasteiger partial charge in [0, 0.05) is 17.1 Å². The highest BCUT2D eigenvalue weighted by molar-refractivity contribution is 7.18. The van der Waals surface area contributed by atoms with Crippen LogP contribution in [0.15, 0.2) is 29.1 Å². The summed E-state index contributed by atoms with van der Waals surface area (Å²) in [6.07, 6.45) is 1.42. The molecule has 0 aliphatic heterocycles. The number of aromatic nitrogens is 2. The van der Waals surface area contributed by atoms with Crippen LogP contribution in [-0.2, 0) is 4.74 Å². The van der Waals surface area contributed by atoms with E-state index in [9.17, 15) is 9.59 Å². The largest absolute Gasteiger partial charge is 0.451 e. The highest BCUT2D eigenvalue weighted by Crippen LogP contribution is 2.27. The predicted molar refractivity (Wildman–Crippen MR) is 113 cm³/mol. The summed E-state index contributed by atoms with van der Waals surface area (Å²) in [5.41, 5.74) is 1.95. The van der Waals surface area contributed by atoms with Gasteiger partial charge in [0.1, 0.15) is 4.83 Å². The van der Waals surface area contributed by atoms with Crippen LogP contribution >= 0.6 is 11.3 Å². The van der Waals surface area contributed by atoms with E-state index in [1.165, 1.54) is 11.3 Å². The van der Waals surface area contributed by atoms with Crippen LogP contribution in [0.25, 0.3) is 10.2 Å². The molecule has 0 saturated heterocycles.